The lowest BCUT2D eigenvalue weighted by atomic mass is 9.88. The molecule has 0 amide bonds. The van der Waals surface area contributed by atoms with Crippen LogP contribution < -0.4 is 0 Å². The zero-order chi connectivity index (χ0) is 18.8. The van der Waals surface area contributed by atoms with Gasteiger partial charge in [0.25, 0.3) is 0 Å². The second-order valence-electron chi connectivity index (χ2n) is 6.25. The number of nitro groups is 1. The molecule has 1 aromatic carbocycles. The van der Waals surface area contributed by atoms with Crippen molar-refractivity contribution < 1.29 is 19.6 Å². The molecule has 1 atom stereocenters. The molecule has 8 heteroatoms. The fourth-order valence-electron chi connectivity index (χ4n) is 3.07. The number of ether oxygens (including phenoxy) is 1. The predicted molar refractivity (Wildman–Crippen MR) is 98.9 cm³/mol. The predicted octanol–water partition coefficient (Wildman–Crippen LogP) is 4.02. The van der Waals surface area contributed by atoms with Crippen LogP contribution in [-0.2, 0) is 17.6 Å². The van der Waals surface area contributed by atoms with Crippen LogP contribution in [0.5, 0.6) is 5.75 Å². The number of methoxy groups -OCH3 is 1. The van der Waals surface area contributed by atoms with Crippen molar-refractivity contribution in [2.45, 2.75) is 26.2 Å². The minimum atomic E-state index is -0.655. The van der Waals surface area contributed by atoms with Gasteiger partial charge < -0.3 is 9.84 Å². The molecule has 0 spiro atoms. The Morgan fingerprint density at radius 2 is 2.27 bits per heavy atom. The van der Waals surface area contributed by atoms with Crippen molar-refractivity contribution in [3.05, 3.63) is 49.9 Å². The third kappa shape index (κ3) is 3.32. The summed E-state index contributed by atoms with van der Waals surface area (Å²) in [4.78, 5) is 28.0. The molecule has 0 aliphatic heterocycles. The minimum Gasteiger partial charge on any atom is -0.502 e. The Labute approximate surface area is 154 Å². The average Bonchev–Trinajstić information content (AvgIpc) is 2.97. The molecule has 7 nitrogen and oxygen atoms in total. The summed E-state index contributed by atoms with van der Waals surface area (Å²) >= 11 is 1.43. The van der Waals surface area contributed by atoms with E-state index < -0.39 is 16.6 Å². The number of carbonyl (C=O) groups is 1. The largest absolute Gasteiger partial charge is 0.502 e. The van der Waals surface area contributed by atoms with E-state index in [1.54, 1.807) is 0 Å². The third-order valence-electron chi connectivity index (χ3n) is 4.45. The number of phenols is 1. The number of thiophene rings is 1. The van der Waals surface area contributed by atoms with Crippen LogP contribution in [0.1, 0.15) is 39.7 Å². The number of rotatable bonds is 4. The molecule has 1 aromatic heterocycles. The average molecular weight is 374 g/mol. The number of esters is 1. The second kappa shape index (κ2) is 7.25. The Kier molecular flexibility index (Phi) is 5.03. The molecule has 26 heavy (non-hydrogen) atoms. The Morgan fingerprint density at radius 3 is 2.96 bits per heavy atom. The van der Waals surface area contributed by atoms with Crippen molar-refractivity contribution in [1.29, 1.82) is 0 Å². The van der Waals surface area contributed by atoms with Crippen LogP contribution in [0.4, 0.5) is 10.7 Å². The highest BCUT2D eigenvalue weighted by molar-refractivity contribution is 7.16. The van der Waals surface area contributed by atoms with E-state index in [1.165, 1.54) is 42.9 Å². The van der Waals surface area contributed by atoms with E-state index in [0.717, 1.165) is 29.7 Å². The van der Waals surface area contributed by atoms with Gasteiger partial charge in [-0.2, -0.15) is 0 Å². The first-order chi connectivity index (χ1) is 12.4. The van der Waals surface area contributed by atoms with Crippen molar-refractivity contribution in [3.63, 3.8) is 0 Å². The molecule has 3 rings (SSSR count). The maximum atomic E-state index is 12.2. The van der Waals surface area contributed by atoms with Gasteiger partial charge in [-0.3, -0.25) is 10.1 Å². The quantitative estimate of drug-likeness (QED) is 0.377. The van der Waals surface area contributed by atoms with Crippen LogP contribution in [0.15, 0.2) is 23.2 Å². The van der Waals surface area contributed by atoms with Gasteiger partial charge in [0, 0.05) is 22.7 Å². The van der Waals surface area contributed by atoms with Gasteiger partial charge in [-0.15, -0.1) is 11.3 Å². The molecule has 0 radical (unpaired) electrons. The molecule has 1 aliphatic rings. The Balaban J connectivity index is 2.03. The summed E-state index contributed by atoms with van der Waals surface area (Å²) < 4.78 is 4.91. The number of fused-ring (bicyclic) bond motifs is 1. The number of carbonyl (C=O) groups excluding carboxylic acids is 1. The van der Waals surface area contributed by atoms with Crippen molar-refractivity contribution in [3.8, 4) is 5.75 Å². The Hall–Kier alpha value is -2.74. The third-order valence-corrected chi connectivity index (χ3v) is 5.61. The van der Waals surface area contributed by atoms with Crippen LogP contribution >= 0.6 is 11.3 Å². The molecule has 1 aliphatic carbocycles. The van der Waals surface area contributed by atoms with Gasteiger partial charge in [0.05, 0.1) is 17.6 Å². The smallest absolute Gasteiger partial charge is 0.341 e. The number of benzene rings is 1. The SMILES string of the molecule is COC(=O)c1c(/N=C/c2cccc([N+](=O)[O-])c2O)sc2c1CC[C@@H](C)C2. The lowest BCUT2D eigenvalue weighted by Gasteiger charge is -2.18. The molecule has 0 saturated heterocycles. The number of nitrogens with zero attached hydrogens (tertiary/aromatic N) is 2. The second-order valence-corrected chi connectivity index (χ2v) is 7.34. The van der Waals surface area contributed by atoms with E-state index in [2.05, 4.69) is 11.9 Å². The summed E-state index contributed by atoms with van der Waals surface area (Å²) in [6.07, 6.45) is 4.04. The summed E-state index contributed by atoms with van der Waals surface area (Å²) in [7, 11) is 1.33. The zero-order valence-corrected chi connectivity index (χ0v) is 15.2. The molecule has 136 valence electrons. The normalized spacial score (nSPS) is 16.5. The molecule has 0 unspecified atom stereocenters. The molecule has 0 saturated carbocycles. The highest BCUT2D eigenvalue weighted by atomic mass is 32.1. The van der Waals surface area contributed by atoms with Crippen molar-refractivity contribution >= 4 is 34.2 Å². The Bertz CT molecular complexity index is 903. The first-order valence-electron chi connectivity index (χ1n) is 8.15. The first-order valence-corrected chi connectivity index (χ1v) is 8.97. The van der Waals surface area contributed by atoms with Gasteiger partial charge in [0.2, 0.25) is 5.75 Å². The molecular formula is C18H18N2O5S. The summed E-state index contributed by atoms with van der Waals surface area (Å²) in [6, 6.07) is 4.22. The number of aliphatic imine (C=N–C) groups is 1. The van der Waals surface area contributed by atoms with Crippen molar-refractivity contribution in [2.75, 3.05) is 7.11 Å². The van der Waals surface area contributed by atoms with Gasteiger partial charge >= 0.3 is 11.7 Å². The maximum absolute atomic E-state index is 12.2. The van der Waals surface area contributed by atoms with Gasteiger partial charge in [0.15, 0.2) is 0 Å². The lowest BCUT2D eigenvalue weighted by molar-refractivity contribution is -0.385. The first kappa shape index (κ1) is 18.1. The fraction of sp³-hybridized carbons (Fsp3) is 0.333. The van der Waals surface area contributed by atoms with E-state index in [-0.39, 0.29) is 11.3 Å². The standard InChI is InChI=1S/C18H18N2O5S/c1-10-6-7-12-14(8-10)26-17(15(12)18(22)25-2)19-9-11-4-3-5-13(16(11)21)20(23)24/h3-5,9-10,21H,6-8H2,1-2H3/b19-9+/t10-/m1/s1. The number of para-hydroxylation sites is 1. The van der Waals surface area contributed by atoms with E-state index in [1.807, 2.05) is 0 Å². The zero-order valence-electron chi connectivity index (χ0n) is 14.4. The maximum Gasteiger partial charge on any atom is 0.341 e. The summed E-state index contributed by atoms with van der Waals surface area (Å²) in [5, 5.41) is 21.5. The number of hydrogen-bond acceptors (Lipinski definition) is 7. The summed E-state index contributed by atoms with van der Waals surface area (Å²) in [5.74, 6) is -0.340. The monoisotopic (exact) mass is 374 g/mol. The van der Waals surface area contributed by atoms with Crippen LogP contribution in [0, 0.1) is 16.0 Å². The molecule has 0 fully saturated rings. The lowest BCUT2D eigenvalue weighted by Crippen LogP contribution is -2.12. The number of aromatic hydroxyl groups is 1. The van der Waals surface area contributed by atoms with Gasteiger partial charge in [-0.05, 0) is 36.8 Å². The summed E-state index contributed by atoms with van der Waals surface area (Å²) in [6.45, 7) is 2.17. The number of phenolic OH excluding ortho intramolecular Hbond substituents is 1. The number of nitro benzene ring substituents is 1. The molecular weight excluding hydrogens is 356 g/mol. The van der Waals surface area contributed by atoms with Gasteiger partial charge in [-0.1, -0.05) is 13.0 Å². The molecule has 1 heterocycles. The molecule has 2 aromatic rings. The van der Waals surface area contributed by atoms with Crippen LogP contribution in [0.2, 0.25) is 0 Å². The Morgan fingerprint density at radius 1 is 1.50 bits per heavy atom. The van der Waals surface area contributed by atoms with Gasteiger partial charge in [0.1, 0.15) is 5.00 Å². The van der Waals surface area contributed by atoms with Crippen LogP contribution in [-0.4, -0.2) is 29.3 Å². The van der Waals surface area contributed by atoms with Gasteiger partial charge in [-0.25, -0.2) is 9.79 Å². The minimum absolute atomic E-state index is 0.217. The van der Waals surface area contributed by atoms with Crippen LogP contribution in [0.3, 0.4) is 0 Å². The van der Waals surface area contributed by atoms with Crippen molar-refractivity contribution in [2.24, 2.45) is 10.9 Å². The molecule has 1 N–H and O–H groups in total. The van der Waals surface area contributed by atoms with E-state index in [0.29, 0.717) is 16.5 Å². The fourth-order valence-corrected chi connectivity index (χ4v) is 4.41. The van der Waals surface area contributed by atoms with E-state index >= 15 is 0 Å². The van der Waals surface area contributed by atoms with E-state index in [9.17, 15) is 20.0 Å². The summed E-state index contributed by atoms with van der Waals surface area (Å²) in [5.41, 5.74) is 1.27. The molecule has 0 bridgehead atoms. The van der Waals surface area contributed by atoms with E-state index in [4.69, 9.17) is 4.74 Å². The topological polar surface area (TPSA) is 102 Å². The highest BCUT2D eigenvalue weighted by Crippen LogP contribution is 2.41. The highest BCUT2D eigenvalue weighted by Gasteiger charge is 2.28. The van der Waals surface area contributed by atoms with Crippen LogP contribution in [0.25, 0.3) is 0 Å². The number of hydrogen-bond donors (Lipinski definition) is 1. The van der Waals surface area contributed by atoms with Crippen molar-refractivity contribution in [1.82, 2.24) is 0 Å².